The van der Waals surface area contributed by atoms with Crippen LogP contribution in [-0.4, -0.2) is 18.9 Å². The van der Waals surface area contributed by atoms with Crippen LogP contribution in [0.25, 0.3) is 0 Å². The normalized spacial score (nSPS) is 18.5. The average Bonchev–Trinajstić information content (AvgIpc) is 2.27. The molecule has 13 heavy (non-hydrogen) atoms. The predicted molar refractivity (Wildman–Crippen MR) is 48.2 cm³/mol. The van der Waals surface area contributed by atoms with E-state index < -0.39 is 5.97 Å². The maximum Gasteiger partial charge on any atom is 0.341 e. The minimum Gasteiger partial charge on any atom is -0.465 e. The van der Waals surface area contributed by atoms with Gasteiger partial charge in [0.1, 0.15) is 5.57 Å². The Hall–Kier alpha value is -1.12. The van der Waals surface area contributed by atoms with Gasteiger partial charge in [0.2, 0.25) is 0 Å². The fraction of sp³-hybridized carbons (Fsp3) is 0.600. The highest BCUT2D eigenvalue weighted by molar-refractivity contribution is 6.17. The van der Waals surface area contributed by atoms with E-state index in [0.29, 0.717) is 6.42 Å². The first-order chi connectivity index (χ1) is 6.16. The first-order valence-corrected chi connectivity index (χ1v) is 4.48. The molecule has 72 valence electrons. The Morgan fingerprint density at radius 1 is 1.31 bits per heavy atom. The van der Waals surface area contributed by atoms with E-state index in [0.717, 1.165) is 24.8 Å². The van der Waals surface area contributed by atoms with Gasteiger partial charge >= 0.3 is 5.97 Å². The highest BCUT2D eigenvalue weighted by Crippen LogP contribution is 2.21. The van der Waals surface area contributed by atoms with Crippen molar-refractivity contribution in [3.05, 3.63) is 11.1 Å². The molecule has 3 heteroatoms. The molecule has 0 fully saturated rings. The maximum atomic E-state index is 11.5. The third-order valence-corrected chi connectivity index (χ3v) is 2.30. The van der Waals surface area contributed by atoms with Crippen molar-refractivity contribution < 1.29 is 14.3 Å². The highest BCUT2D eigenvalue weighted by Gasteiger charge is 2.23. The van der Waals surface area contributed by atoms with Crippen LogP contribution < -0.4 is 0 Å². The molecule has 1 aliphatic carbocycles. The molecular weight excluding hydrogens is 168 g/mol. The van der Waals surface area contributed by atoms with E-state index in [4.69, 9.17) is 0 Å². The number of ketones is 1. The Kier molecular flexibility index (Phi) is 3.23. The predicted octanol–water partition coefficient (Wildman–Crippen LogP) is 1.62. The quantitative estimate of drug-likeness (QED) is 0.457. The molecule has 0 spiro atoms. The van der Waals surface area contributed by atoms with Gasteiger partial charge < -0.3 is 4.74 Å². The molecule has 0 aromatic carbocycles. The fourth-order valence-electron chi connectivity index (χ4n) is 1.55. The smallest absolute Gasteiger partial charge is 0.341 e. The molecule has 0 unspecified atom stereocenters. The zero-order valence-electron chi connectivity index (χ0n) is 8.05. The van der Waals surface area contributed by atoms with Crippen LogP contribution in [0.1, 0.15) is 32.6 Å². The Balaban J connectivity index is 2.96. The van der Waals surface area contributed by atoms with Crippen LogP contribution in [0.15, 0.2) is 11.1 Å². The maximum absolute atomic E-state index is 11.5. The minimum atomic E-state index is -0.482. The van der Waals surface area contributed by atoms with Crippen LogP contribution in [0.3, 0.4) is 0 Å². The second-order valence-electron chi connectivity index (χ2n) is 3.28. The number of hydrogen-bond acceptors (Lipinski definition) is 3. The van der Waals surface area contributed by atoms with Crippen molar-refractivity contribution in [1.82, 2.24) is 0 Å². The Bertz CT molecular complexity index is 263. The van der Waals surface area contributed by atoms with Gasteiger partial charge in [0.25, 0.3) is 0 Å². The number of rotatable bonds is 1. The molecule has 3 nitrogen and oxygen atoms in total. The lowest BCUT2D eigenvalue weighted by Crippen LogP contribution is -2.14. The summed E-state index contributed by atoms with van der Waals surface area (Å²) >= 11 is 0. The molecule has 0 aliphatic heterocycles. The molecule has 0 aromatic heterocycles. The zero-order valence-corrected chi connectivity index (χ0v) is 8.05. The van der Waals surface area contributed by atoms with Gasteiger partial charge in [-0.25, -0.2) is 4.79 Å². The van der Waals surface area contributed by atoms with Crippen LogP contribution in [0.2, 0.25) is 0 Å². The molecule has 0 saturated heterocycles. The van der Waals surface area contributed by atoms with E-state index in [1.807, 2.05) is 6.92 Å². The number of ether oxygens (including phenoxy) is 1. The SMILES string of the molecule is COC(=O)C1=C(C)CCCCC1=O. The van der Waals surface area contributed by atoms with Gasteiger partial charge in [-0.2, -0.15) is 0 Å². The summed E-state index contributed by atoms with van der Waals surface area (Å²) in [6.07, 6.45) is 3.16. The van der Waals surface area contributed by atoms with E-state index in [1.165, 1.54) is 7.11 Å². The second-order valence-corrected chi connectivity index (χ2v) is 3.28. The van der Waals surface area contributed by atoms with Gasteiger partial charge in [0, 0.05) is 6.42 Å². The van der Waals surface area contributed by atoms with E-state index in [-0.39, 0.29) is 11.4 Å². The summed E-state index contributed by atoms with van der Waals surface area (Å²) < 4.78 is 4.57. The van der Waals surface area contributed by atoms with E-state index in [9.17, 15) is 9.59 Å². The van der Waals surface area contributed by atoms with Gasteiger partial charge in [-0.3, -0.25) is 4.79 Å². The monoisotopic (exact) mass is 182 g/mol. The molecule has 1 rings (SSSR count). The minimum absolute atomic E-state index is 0.0677. The average molecular weight is 182 g/mol. The molecule has 0 amide bonds. The lowest BCUT2D eigenvalue weighted by atomic mass is 10.0. The summed E-state index contributed by atoms with van der Waals surface area (Å²) in [6.45, 7) is 1.83. The number of carbonyl (C=O) groups excluding carboxylic acids is 2. The molecule has 0 aromatic rings. The summed E-state index contributed by atoms with van der Waals surface area (Å²) in [7, 11) is 1.31. The van der Waals surface area contributed by atoms with Crippen molar-refractivity contribution in [3.63, 3.8) is 0 Å². The van der Waals surface area contributed by atoms with Crippen LogP contribution >= 0.6 is 0 Å². The summed E-state index contributed by atoms with van der Waals surface area (Å²) in [5.74, 6) is -0.550. The number of allylic oxidation sites excluding steroid dienone is 1. The van der Waals surface area contributed by atoms with Gasteiger partial charge in [-0.15, -0.1) is 0 Å². The number of carbonyl (C=O) groups is 2. The largest absolute Gasteiger partial charge is 0.465 e. The lowest BCUT2D eigenvalue weighted by Gasteiger charge is -2.04. The second kappa shape index (κ2) is 4.21. The zero-order chi connectivity index (χ0) is 9.84. The molecule has 0 heterocycles. The van der Waals surface area contributed by atoms with E-state index >= 15 is 0 Å². The Morgan fingerprint density at radius 3 is 2.54 bits per heavy atom. The molecular formula is C10H14O3. The molecule has 1 aliphatic rings. The van der Waals surface area contributed by atoms with Gasteiger partial charge in [0.15, 0.2) is 5.78 Å². The van der Waals surface area contributed by atoms with Gasteiger partial charge in [-0.05, 0) is 26.2 Å². The molecule has 0 bridgehead atoms. The van der Waals surface area contributed by atoms with Gasteiger partial charge in [-0.1, -0.05) is 5.57 Å². The van der Waals surface area contributed by atoms with Crippen LogP contribution in [0, 0.1) is 0 Å². The number of hydrogen-bond donors (Lipinski definition) is 0. The fourth-order valence-corrected chi connectivity index (χ4v) is 1.55. The Labute approximate surface area is 77.8 Å². The first kappa shape index (κ1) is 9.96. The summed E-state index contributed by atoms with van der Waals surface area (Å²) in [4.78, 5) is 22.7. The summed E-state index contributed by atoms with van der Waals surface area (Å²) in [6, 6.07) is 0. The summed E-state index contributed by atoms with van der Waals surface area (Å²) in [5, 5.41) is 0. The van der Waals surface area contributed by atoms with E-state index in [2.05, 4.69) is 4.74 Å². The van der Waals surface area contributed by atoms with Crippen molar-refractivity contribution in [1.29, 1.82) is 0 Å². The van der Waals surface area contributed by atoms with Gasteiger partial charge in [0.05, 0.1) is 7.11 Å². The molecule has 0 saturated carbocycles. The third kappa shape index (κ3) is 2.17. The number of Topliss-reactive ketones (excluding diaryl/α,β-unsaturated/α-hetero) is 1. The van der Waals surface area contributed by atoms with Crippen LogP contribution in [-0.2, 0) is 14.3 Å². The van der Waals surface area contributed by atoms with Crippen molar-refractivity contribution in [3.8, 4) is 0 Å². The molecule has 0 radical (unpaired) electrons. The highest BCUT2D eigenvalue weighted by atomic mass is 16.5. The number of esters is 1. The van der Waals surface area contributed by atoms with Crippen molar-refractivity contribution in [2.75, 3.05) is 7.11 Å². The van der Waals surface area contributed by atoms with Crippen LogP contribution in [0.4, 0.5) is 0 Å². The molecule has 0 atom stereocenters. The number of methoxy groups -OCH3 is 1. The van der Waals surface area contributed by atoms with Crippen molar-refractivity contribution in [2.24, 2.45) is 0 Å². The Morgan fingerprint density at radius 2 is 1.92 bits per heavy atom. The lowest BCUT2D eigenvalue weighted by molar-refractivity contribution is -0.137. The van der Waals surface area contributed by atoms with Crippen molar-refractivity contribution >= 4 is 11.8 Å². The standard InChI is InChI=1S/C10H14O3/c1-7-5-3-4-6-8(11)9(7)10(12)13-2/h3-6H2,1-2H3. The topological polar surface area (TPSA) is 43.4 Å². The summed E-state index contributed by atoms with van der Waals surface area (Å²) in [5.41, 5.74) is 1.15. The first-order valence-electron chi connectivity index (χ1n) is 4.48. The van der Waals surface area contributed by atoms with E-state index in [1.54, 1.807) is 0 Å². The third-order valence-electron chi connectivity index (χ3n) is 2.30. The van der Waals surface area contributed by atoms with Crippen molar-refractivity contribution in [2.45, 2.75) is 32.6 Å². The van der Waals surface area contributed by atoms with Crippen LogP contribution in [0.5, 0.6) is 0 Å². The molecule has 0 N–H and O–H groups in total.